The maximum Gasteiger partial charge on any atom is 0.250 e. The van der Waals surface area contributed by atoms with Gasteiger partial charge in [-0.1, -0.05) is 23.7 Å². The Balaban J connectivity index is 2.24. The van der Waals surface area contributed by atoms with Gasteiger partial charge in [0.15, 0.2) is 0 Å². The molecule has 104 valence electrons. The van der Waals surface area contributed by atoms with Gasteiger partial charge in [0.2, 0.25) is 0 Å². The van der Waals surface area contributed by atoms with E-state index in [1.807, 2.05) is 0 Å². The molecule has 0 aliphatic rings. The first kappa shape index (κ1) is 14.1. The topological polar surface area (TPSA) is 81.1 Å². The van der Waals surface area contributed by atoms with Crippen molar-refractivity contribution in [3.05, 3.63) is 58.4 Å². The molecule has 6 heteroatoms. The summed E-state index contributed by atoms with van der Waals surface area (Å²) in [5, 5.41) is 3.32. The van der Waals surface area contributed by atoms with Crippen LogP contribution >= 0.6 is 11.6 Å². The smallest absolute Gasteiger partial charge is 0.250 e. The molecule has 0 heterocycles. The molecule has 2 rings (SSSR count). The molecular formula is C14H13ClFN3O. The minimum Gasteiger partial charge on any atom is -0.399 e. The van der Waals surface area contributed by atoms with Gasteiger partial charge in [0.25, 0.3) is 5.91 Å². The van der Waals surface area contributed by atoms with E-state index in [9.17, 15) is 9.18 Å². The second-order valence-corrected chi connectivity index (χ2v) is 4.68. The summed E-state index contributed by atoms with van der Waals surface area (Å²) < 4.78 is 12.8. The maximum absolute atomic E-state index is 12.8. The van der Waals surface area contributed by atoms with Crippen LogP contribution in [0.5, 0.6) is 0 Å². The van der Waals surface area contributed by atoms with Gasteiger partial charge in [0.05, 0.1) is 16.3 Å². The minimum absolute atomic E-state index is 0.220. The van der Waals surface area contributed by atoms with Crippen molar-refractivity contribution in [2.24, 2.45) is 5.73 Å². The van der Waals surface area contributed by atoms with E-state index in [1.165, 1.54) is 24.3 Å². The Bertz CT molecular complexity index is 644. The van der Waals surface area contributed by atoms with E-state index < -0.39 is 5.91 Å². The third-order valence-electron chi connectivity index (χ3n) is 2.76. The van der Waals surface area contributed by atoms with Gasteiger partial charge in [-0.05, 0) is 29.8 Å². The molecule has 0 aromatic heterocycles. The predicted molar refractivity (Wildman–Crippen MR) is 78.1 cm³/mol. The number of nitrogens with two attached hydrogens (primary N) is 2. The minimum atomic E-state index is -0.624. The molecule has 0 unspecified atom stereocenters. The highest BCUT2D eigenvalue weighted by molar-refractivity contribution is 6.34. The summed E-state index contributed by atoms with van der Waals surface area (Å²) in [6.07, 6.45) is 0. The quantitative estimate of drug-likeness (QED) is 0.758. The first-order valence-corrected chi connectivity index (χ1v) is 6.22. The van der Waals surface area contributed by atoms with Crippen LogP contribution in [-0.4, -0.2) is 5.91 Å². The zero-order chi connectivity index (χ0) is 14.7. The Morgan fingerprint density at radius 3 is 2.50 bits per heavy atom. The van der Waals surface area contributed by atoms with E-state index in [4.69, 9.17) is 23.1 Å². The van der Waals surface area contributed by atoms with Crippen molar-refractivity contribution in [3.63, 3.8) is 0 Å². The van der Waals surface area contributed by atoms with Crippen LogP contribution in [0.2, 0.25) is 5.02 Å². The molecule has 0 atom stereocenters. The van der Waals surface area contributed by atoms with Crippen molar-refractivity contribution in [2.45, 2.75) is 6.54 Å². The summed E-state index contributed by atoms with van der Waals surface area (Å²) in [5.41, 5.74) is 12.8. The van der Waals surface area contributed by atoms with Crippen molar-refractivity contribution in [3.8, 4) is 0 Å². The number of hydrogen-bond donors (Lipinski definition) is 3. The van der Waals surface area contributed by atoms with Gasteiger partial charge in [0, 0.05) is 12.2 Å². The zero-order valence-electron chi connectivity index (χ0n) is 10.5. The van der Waals surface area contributed by atoms with Crippen LogP contribution in [0.25, 0.3) is 0 Å². The average molecular weight is 294 g/mol. The summed E-state index contributed by atoms with van der Waals surface area (Å²) in [5.74, 6) is -0.933. The van der Waals surface area contributed by atoms with E-state index >= 15 is 0 Å². The number of benzene rings is 2. The van der Waals surface area contributed by atoms with Crippen molar-refractivity contribution in [2.75, 3.05) is 11.1 Å². The van der Waals surface area contributed by atoms with Gasteiger partial charge in [-0.2, -0.15) is 0 Å². The number of amides is 1. The van der Waals surface area contributed by atoms with Crippen LogP contribution in [0.1, 0.15) is 15.9 Å². The number of halogens is 2. The van der Waals surface area contributed by atoms with Crippen molar-refractivity contribution in [1.29, 1.82) is 0 Å². The summed E-state index contributed by atoms with van der Waals surface area (Å²) in [6.45, 7) is 0.379. The highest BCUT2D eigenvalue weighted by Crippen LogP contribution is 2.29. The van der Waals surface area contributed by atoms with Gasteiger partial charge in [-0.25, -0.2) is 4.39 Å². The molecule has 0 aliphatic heterocycles. The molecule has 4 nitrogen and oxygen atoms in total. The van der Waals surface area contributed by atoms with Crippen LogP contribution in [0.4, 0.5) is 15.8 Å². The average Bonchev–Trinajstić information content (AvgIpc) is 2.38. The van der Waals surface area contributed by atoms with Gasteiger partial charge in [-0.15, -0.1) is 0 Å². The van der Waals surface area contributed by atoms with E-state index in [2.05, 4.69) is 5.32 Å². The van der Waals surface area contributed by atoms with Crippen LogP contribution in [-0.2, 0) is 6.54 Å². The standard InChI is InChI=1S/C14H13ClFN3O/c15-12-6-10(17)5-11(14(18)20)13(12)19-7-8-1-3-9(16)4-2-8/h1-6,19H,7,17H2,(H2,18,20). The molecule has 0 saturated heterocycles. The lowest BCUT2D eigenvalue weighted by Crippen LogP contribution is -2.15. The highest BCUT2D eigenvalue weighted by atomic mass is 35.5. The molecule has 0 aliphatic carbocycles. The number of nitrogens with one attached hydrogen (secondary N) is 1. The summed E-state index contributed by atoms with van der Waals surface area (Å²) in [4.78, 5) is 11.4. The largest absolute Gasteiger partial charge is 0.399 e. The third-order valence-corrected chi connectivity index (χ3v) is 3.06. The Kier molecular flexibility index (Phi) is 4.10. The van der Waals surface area contributed by atoms with Crippen molar-refractivity contribution in [1.82, 2.24) is 0 Å². The number of carbonyl (C=O) groups excluding carboxylic acids is 1. The van der Waals surface area contributed by atoms with Gasteiger partial charge < -0.3 is 16.8 Å². The van der Waals surface area contributed by atoms with Gasteiger partial charge in [-0.3, -0.25) is 4.79 Å². The highest BCUT2D eigenvalue weighted by Gasteiger charge is 2.13. The molecule has 0 radical (unpaired) electrons. The summed E-state index contributed by atoms with van der Waals surface area (Å²) >= 11 is 6.06. The molecule has 20 heavy (non-hydrogen) atoms. The molecule has 0 saturated carbocycles. The number of rotatable bonds is 4. The molecule has 1 amide bonds. The SMILES string of the molecule is NC(=O)c1cc(N)cc(Cl)c1NCc1ccc(F)cc1. The van der Waals surface area contributed by atoms with Crippen LogP contribution < -0.4 is 16.8 Å². The predicted octanol–water partition coefficient (Wildman–Crippen LogP) is 2.77. The van der Waals surface area contributed by atoms with E-state index in [0.717, 1.165) is 5.56 Å². The first-order chi connectivity index (χ1) is 9.47. The first-order valence-electron chi connectivity index (χ1n) is 5.84. The Labute approximate surface area is 120 Å². The van der Waals surface area contributed by atoms with Crippen molar-refractivity contribution < 1.29 is 9.18 Å². The van der Waals surface area contributed by atoms with Gasteiger partial charge in [0.1, 0.15) is 5.82 Å². The van der Waals surface area contributed by atoms with Crippen molar-refractivity contribution >= 4 is 28.9 Å². The van der Waals surface area contributed by atoms with Crippen LogP contribution in [0.3, 0.4) is 0 Å². The monoisotopic (exact) mass is 293 g/mol. The molecule has 5 N–H and O–H groups in total. The lowest BCUT2D eigenvalue weighted by atomic mass is 10.1. The molecule has 2 aromatic rings. The summed E-state index contributed by atoms with van der Waals surface area (Å²) in [6, 6.07) is 8.98. The van der Waals surface area contributed by atoms with Crippen LogP contribution in [0, 0.1) is 5.82 Å². The number of anilines is 2. The number of nitrogen functional groups attached to an aromatic ring is 1. The molecule has 0 bridgehead atoms. The van der Waals surface area contributed by atoms with Gasteiger partial charge >= 0.3 is 0 Å². The molecule has 2 aromatic carbocycles. The number of hydrogen-bond acceptors (Lipinski definition) is 3. The number of carbonyl (C=O) groups is 1. The number of primary amides is 1. The second kappa shape index (κ2) is 5.79. The van der Waals surface area contributed by atoms with E-state index in [0.29, 0.717) is 22.9 Å². The van der Waals surface area contributed by atoms with Crippen LogP contribution in [0.15, 0.2) is 36.4 Å². The molecular weight excluding hydrogens is 281 g/mol. The molecule has 0 fully saturated rings. The lowest BCUT2D eigenvalue weighted by Gasteiger charge is -2.13. The second-order valence-electron chi connectivity index (χ2n) is 4.27. The fourth-order valence-corrected chi connectivity index (χ4v) is 2.09. The fourth-order valence-electron chi connectivity index (χ4n) is 1.79. The van der Waals surface area contributed by atoms with E-state index in [-0.39, 0.29) is 11.4 Å². The normalized spacial score (nSPS) is 10.3. The molecule has 0 spiro atoms. The lowest BCUT2D eigenvalue weighted by molar-refractivity contribution is 0.100. The summed E-state index contributed by atoms with van der Waals surface area (Å²) in [7, 11) is 0. The Morgan fingerprint density at radius 2 is 1.90 bits per heavy atom. The third kappa shape index (κ3) is 3.19. The maximum atomic E-state index is 12.8. The van der Waals surface area contributed by atoms with E-state index in [1.54, 1.807) is 12.1 Å². The zero-order valence-corrected chi connectivity index (χ0v) is 11.2. The Morgan fingerprint density at radius 1 is 1.25 bits per heavy atom. The Hall–Kier alpha value is -2.27. The fraction of sp³-hybridized carbons (Fsp3) is 0.0714.